The van der Waals surface area contributed by atoms with Crippen LogP contribution in [0.3, 0.4) is 0 Å². The third-order valence-corrected chi connectivity index (χ3v) is 3.94. The van der Waals surface area contributed by atoms with Gasteiger partial charge in [-0.15, -0.1) is 0 Å². The molecule has 1 aromatic heterocycles. The number of ketones is 1. The number of aromatic amines is 1. The number of Topliss-reactive ketones (excluding diaryl/α,β-unsaturated/α-hetero) is 1. The van der Waals surface area contributed by atoms with Gasteiger partial charge in [-0.1, -0.05) is 32.9 Å². The van der Waals surface area contributed by atoms with E-state index in [0.717, 1.165) is 22.0 Å². The summed E-state index contributed by atoms with van der Waals surface area (Å²) in [6.45, 7) is 5.65. The number of carboxylic acid groups (broad SMARTS) is 1. The molecule has 0 aliphatic heterocycles. The summed E-state index contributed by atoms with van der Waals surface area (Å²) in [5.74, 6) is -0.922. The molecule has 3 rings (SSSR count). The zero-order valence-electron chi connectivity index (χ0n) is 13.8. The van der Waals surface area contributed by atoms with Crippen LogP contribution < -0.4 is 0 Å². The van der Waals surface area contributed by atoms with Crippen molar-refractivity contribution in [1.82, 2.24) is 10.2 Å². The molecule has 0 saturated heterocycles. The van der Waals surface area contributed by atoms with Gasteiger partial charge in [-0.25, -0.2) is 4.79 Å². The molecule has 0 fully saturated rings. The number of H-pyrrole nitrogens is 1. The average Bonchev–Trinajstić information content (AvgIpc) is 3.00. The first-order chi connectivity index (χ1) is 11.3. The molecular formula is C19H18N2O3. The van der Waals surface area contributed by atoms with E-state index < -0.39 is 11.4 Å². The first kappa shape index (κ1) is 15.9. The number of rotatable bonds is 3. The van der Waals surface area contributed by atoms with Gasteiger partial charge in [0.1, 0.15) is 0 Å². The second-order valence-corrected chi connectivity index (χ2v) is 6.82. The fourth-order valence-corrected chi connectivity index (χ4v) is 2.65. The van der Waals surface area contributed by atoms with E-state index in [1.165, 1.54) is 0 Å². The molecule has 0 saturated carbocycles. The molecule has 0 amide bonds. The van der Waals surface area contributed by atoms with Crippen molar-refractivity contribution in [3.63, 3.8) is 0 Å². The lowest BCUT2D eigenvalue weighted by atomic mass is 9.85. The van der Waals surface area contributed by atoms with E-state index >= 15 is 0 Å². The van der Waals surface area contributed by atoms with Crippen LogP contribution in [0.1, 0.15) is 41.5 Å². The van der Waals surface area contributed by atoms with Crippen molar-refractivity contribution in [2.75, 3.05) is 0 Å². The predicted molar refractivity (Wildman–Crippen MR) is 92.3 cm³/mol. The maximum atomic E-state index is 12.6. The zero-order valence-corrected chi connectivity index (χ0v) is 13.8. The lowest BCUT2D eigenvalue weighted by molar-refractivity contribution is 0.0696. The van der Waals surface area contributed by atoms with E-state index in [1.54, 1.807) is 30.5 Å². The minimum atomic E-state index is -0.966. The number of carboxylic acids is 1. The van der Waals surface area contributed by atoms with Crippen LogP contribution in [0.15, 0.2) is 42.6 Å². The van der Waals surface area contributed by atoms with Crippen LogP contribution in [-0.2, 0) is 0 Å². The Morgan fingerprint density at radius 2 is 1.71 bits per heavy atom. The summed E-state index contributed by atoms with van der Waals surface area (Å²) in [6.07, 6.45) is 1.71. The Morgan fingerprint density at radius 1 is 1.04 bits per heavy atom. The number of hydrogen-bond acceptors (Lipinski definition) is 3. The minimum absolute atomic E-state index is 0.0439. The molecule has 0 aliphatic carbocycles. The van der Waals surface area contributed by atoms with Crippen LogP contribution in [0.5, 0.6) is 0 Å². The number of hydrogen-bond donors (Lipinski definition) is 2. The highest BCUT2D eigenvalue weighted by Gasteiger charge is 2.24. The maximum absolute atomic E-state index is 12.6. The summed E-state index contributed by atoms with van der Waals surface area (Å²) in [5, 5.41) is 16.9. The Hall–Kier alpha value is -2.95. The maximum Gasteiger partial charge on any atom is 0.335 e. The summed E-state index contributed by atoms with van der Waals surface area (Å²) in [6, 6.07) is 10.3. The Bertz CT molecular complexity index is 931. The van der Waals surface area contributed by atoms with Crippen LogP contribution in [0, 0.1) is 5.41 Å². The molecule has 0 aliphatic rings. The number of aromatic carboxylic acids is 1. The molecule has 1 heterocycles. The smallest absolute Gasteiger partial charge is 0.335 e. The highest BCUT2D eigenvalue weighted by molar-refractivity contribution is 6.06. The number of nitrogens with one attached hydrogen (secondary N) is 1. The number of nitrogens with zero attached hydrogens (tertiary/aromatic N) is 1. The molecule has 2 aromatic carbocycles. The summed E-state index contributed by atoms with van der Waals surface area (Å²) >= 11 is 0. The van der Waals surface area contributed by atoms with Gasteiger partial charge in [-0.2, -0.15) is 5.10 Å². The van der Waals surface area contributed by atoms with Gasteiger partial charge in [0.2, 0.25) is 0 Å². The van der Waals surface area contributed by atoms with Gasteiger partial charge < -0.3 is 5.11 Å². The van der Waals surface area contributed by atoms with Crippen molar-refractivity contribution in [2.45, 2.75) is 20.8 Å². The van der Waals surface area contributed by atoms with Crippen LogP contribution in [0.2, 0.25) is 0 Å². The van der Waals surface area contributed by atoms with Gasteiger partial charge in [-0.05, 0) is 35.4 Å². The molecule has 5 heteroatoms. The molecule has 2 N–H and O–H groups in total. The van der Waals surface area contributed by atoms with E-state index in [-0.39, 0.29) is 11.3 Å². The Labute approximate surface area is 139 Å². The largest absolute Gasteiger partial charge is 0.478 e. The molecule has 5 nitrogen and oxygen atoms in total. The molecule has 3 aromatic rings. The number of carbonyl (C=O) groups excluding carboxylic acids is 1. The first-order valence-corrected chi connectivity index (χ1v) is 7.63. The third kappa shape index (κ3) is 2.80. The van der Waals surface area contributed by atoms with Crippen molar-refractivity contribution >= 4 is 22.7 Å². The fourth-order valence-electron chi connectivity index (χ4n) is 2.65. The van der Waals surface area contributed by atoms with Crippen LogP contribution in [0.4, 0.5) is 0 Å². The molecule has 0 radical (unpaired) electrons. The highest BCUT2D eigenvalue weighted by Crippen LogP contribution is 2.32. The predicted octanol–water partition coefficient (Wildman–Crippen LogP) is 4.16. The average molecular weight is 322 g/mol. The number of fused-ring (bicyclic) bond motifs is 1. The summed E-state index contributed by atoms with van der Waals surface area (Å²) < 4.78 is 0. The lowest BCUT2D eigenvalue weighted by Crippen LogP contribution is -2.20. The molecule has 0 bridgehead atoms. The summed E-state index contributed by atoms with van der Waals surface area (Å²) in [7, 11) is 0. The molecular weight excluding hydrogens is 304 g/mol. The molecule has 0 spiro atoms. The summed E-state index contributed by atoms with van der Waals surface area (Å²) in [5.41, 5.74) is 2.82. The number of benzene rings is 2. The van der Waals surface area contributed by atoms with Gasteiger partial charge in [0.15, 0.2) is 5.78 Å². The summed E-state index contributed by atoms with van der Waals surface area (Å²) in [4.78, 5) is 23.7. The van der Waals surface area contributed by atoms with Gasteiger partial charge in [-0.3, -0.25) is 9.89 Å². The van der Waals surface area contributed by atoms with Gasteiger partial charge in [0.25, 0.3) is 0 Å². The van der Waals surface area contributed by atoms with Crippen LogP contribution >= 0.6 is 0 Å². The van der Waals surface area contributed by atoms with Crippen molar-refractivity contribution in [1.29, 1.82) is 0 Å². The van der Waals surface area contributed by atoms with E-state index in [2.05, 4.69) is 10.2 Å². The van der Waals surface area contributed by atoms with Gasteiger partial charge in [0.05, 0.1) is 17.3 Å². The van der Waals surface area contributed by atoms with Crippen molar-refractivity contribution in [3.8, 4) is 11.1 Å². The second-order valence-electron chi connectivity index (χ2n) is 6.82. The van der Waals surface area contributed by atoms with Gasteiger partial charge in [0, 0.05) is 16.4 Å². The normalized spacial score (nSPS) is 11.6. The number of aromatic nitrogens is 2. The fraction of sp³-hybridized carbons (Fsp3) is 0.211. The highest BCUT2D eigenvalue weighted by atomic mass is 16.4. The van der Waals surface area contributed by atoms with E-state index in [4.69, 9.17) is 5.11 Å². The topological polar surface area (TPSA) is 83.1 Å². The number of carbonyl (C=O) groups is 2. The Morgan fingerprint density at radius 3 is 2.29 bits per heavy atom. The van der Waals surface area contributed by atoms with E-state index in [1.807, 2.05) is 32.9 Å². The first-order valence-electron chi connectivity index (χ1n) is 7.63. The van der Waals surface area contributed by atoms with E-state index in [0.29, 0.717) is 5.56 Å². The van der Waals surface area contributed by atoms with Gasteiger partial charge >= 0.3 is 5.97 Å². The van der Waals surface area contributed by atoms with Crippen LogP contribution in [-0.4, -0.2) is 27.1 Å². The van der Waals surface area contributed by atoms with Crippen molar-refractivity contribution in [2.24, 2.45) is 5.41 Å². The van der Waals surface area contributed by atoms with Crippen LogP contribution in [0.25, 0.3) is 22.0 Å². The second kappa shape index (κ2) is 5.60. The third-order valence-electron chi connectivity index (χ3n) is 3.94. The van der Waals surface area contributed by atoms with E-state index in [9.17, 15) is 9.59 Å². The zero-order chi connectivity index (χ0) is 17.5. The standard InChI is InChI=1S/C19H18N2O3/c1-19(2,3)17(22)13-8-14(15-10-20-21-16(15)9-13)11-4-6-12(7-5-11)18(23)24/h4-10H,1-3H3,(H,20,21)(H,23,24). The minimum Gasteiger partial charge on any atom is -0.478 e. The molecule has 24 heavy (non-hydrogen) atoms. The Kier molecular flexibility index (Phi) is 3.72. The molecule has 0 unspecified atom stereocenters. The monoisotopic (exact) mass is 322 g/mol. The van der Waals surface area contributed by atoms with Crippen molar-refractivity contribution < 1.29 is 14.7 Å². The quantitative estimate of drug-likeness (QED) is 0.709. The molecule has 0 atom stereocenters. The SMILES string of the molecule is CC(C)(C)C(=O)c1cc(-c2ccc(C(=O)O)cc2)c2cn[nH]c2c1. The molecule has 122 valence electrons. The van der Waals surface area contributed by atoms with Crippen molar-refractivity contribution in [3.05, 3.63) is 53.7 Å². The Balaban J connectivity index is 2.17. The lowest BCUT2D eigenvalue weighted by Gasteiger charge is -2.17.